The minimum atomic E-state index is -0.256. The van der Waals surface area contributed by atoms with Crippen LogP contribution < -0.4 is 0 Å². The van der Waals surface area contributed by atoms with Gasteiger partial charge >= 0.3 is 0 Å². The molecule has 0 saturated heterocycles. The largest absolute Gasteiger partial charge is 0.392 e. The monoisotopic (exact) mass is 160 g/mol. The van der Waals surface area contributed by atoms with Gasteiger partial charge in [0.15, 0.2) is 0 Å². The van der Waals surface area contributed by atoms with Gasteiger partial charge in [0.25, 0.3) is 0 Å². The van der Waals surface area contributed by atoms with E-state index in [1.807, 2.05) is 27.7 Å². The molecule has 11 heavy (non-hydrogen) atoms. The lowest BCUT2D eigenvalue weighted by atomic mass is 9.87. The molecule has 2 nitrogen and oxygen atoms in total. The van der Waals surface area contributed by atoms with Crippen molar-refractivity contribution in [3.63, 3.8) is 0 Å². The molecule has 0 aliphatic carbocycles. The van der Waals surface area contributed by atoms with Crippen LogP contribution in [0.1, 0.15) is 34.1 Å². The van der Waals surface area contributed by atoms with Crippen LogP contribution in [0.4, 0.5) is 0 Å². The Labute approximate surface area is 69.6 Å². The molecule has 1 unspecified atom stereocenters. The molecule has 1 atom stereocenters. The standard InChI is InChI=1S/C9H20O2/c1-5-11-7-6-8(10)9(2,3)4/h8,10H,5-7H2,1-4H3. The van der Waals surface area contributed by atoms with Crippen LogP contribution in [-0.2, 0) is 4.74 Å². The van der Waals surface area contributed by atoms with E-state index in [4.69, 9.17) is 4.74 Å². The van der Waals surface area contributed by atoms with Crippen molar-refractivity contribution in [3.05, 3.63) is 0 Å². The second-order valence-electron chi connectivity index (χ2n) is 3.87. The van der Waals surface area contributed by atoms with E-state index in [-0.39, 0.29) is 11.5 Å². The second-order valence-corrected chi connectivity index (χ2v) is 3.87. The first-order valence-corrected chi connectivity index (χ1v) is 4.24. The van der Waals surface area contributed by atoms with Crippen molar-refractivity contribution in [1.29, 1.82) is 0 Å². The van der Waals surface area contributed by atoms with Gasteiger partial charge in [0.1, 0.15) is 0 Å². The lowest BCUT2D eigenvalue weighted by Crippen LogP contribution is -2.27. The van der Waals surface area contributed by atoms with Gasteiger partial charge in [0, 0.05) is 13.2 Å². The summed E-state index contributed by atoms with van der Waals surface area (Å²) >= 11 is 0. The summed E-state index contributed by atoms with van der Waals surface area (Å²) < 4.78 is 5.14. The predicted octanol–water partition coefficient (Wildman–Crippen LogP) is 1.82. The minimum absolute atomic E-state index is 0.0168. The van der Waals surface area contributed by atoms with Crippen molar-refractivity contribution in [2.75, 3.05) is 13.2 Å². The lowest BCUT2D eigenvalue weighted by Gasteiger charge is -2.25. The topological polar surface area (TPSA) is 29.5 Å². The molecule has 0 fully saturated rings. The fraction of sp³-hybridized carbons (Fsp3) is 1.00. The van der Waals surface area contributed by atoms with Crippen molar-refractivity contribution in [3.8, 4) is 0 Å². The maximum atomic E-state index is 9.53. The van der Waals surface area contributed by atoms with Crippen LogP contribution in [0.3, 0.4) is 0 Å². The number of hydrogen-bond acceptors (Lipinski definition) is 2. The molecule has 0 amide bonds. The summed E-state index contributed by atoms with van der Waals surface area (Å²) in [4.78, 5) is 0. The first kappa shape index (κ1) is 10.9. The molecule has 1 N–H and O–H groups in total. The molecule has 0 aliphatic rings. The molecule has 0 aliphatic heterocycles. The highest BCUT2D eigenvalue weighted by atomic mass is 16.5. The molecule has 0 bridgehead atoms. The number of aliphatic hydroxyl groups excluding tert-OH is 1. The average molecular weight is 160 g/mol. The van der Waals surface area contributed by atoms with E-state index in [2.05, 4.69) is 0 Å². The summed E-state index contributed by atoms with van der Waals surface area (Å²) in [6, 6.07) is 0. The molecule has 0 aromatic carbocycles. The van der Waals surface area contributed by atoms with Gasteiger partial charge in [-0.05, 0) is 18.8 Å². The maximum absolute atomic E-state index is 9.53. The van der Waals surface area contributed by atoms with Gasteiger partial charge in [0.2, 0.25) is 0 Å². The van der Waals surface area contributed by atoms with Crippen LogP contribution in [0.5, 0.6) is 0 Å². The van der Waals surface area contributed by atoms with Crippen molar-refractivity contribution in [2.24, 2.45) is 5.41 Å². The van der Waals surface area contributed by atoms with Gasteiger partial charge < -0.3 is 9.84 Å². The van der Waals surface area contributed by atoms with E-state index in [1.165, 1.54) is 0 Å². The summed E-state index contributed by atoms with van der Waals surface area (Å²) in [5.74, 6) is 0. The number of aliphatic hydroxyl groups is 1. The third-order valence-corrected chi connectivity index (χ3v) is 1.74. The molecule has 2 heteroatoms. The van der Waals surface area contributed by atoms with Crippen LogP contribution in [-0.4, -0.2) is 24.4 Å². The molecular weight excluding hydrogens is 140 g/mol. The van der Waals surface area contributed by atoms with Gasteiger partial charge in [-0.3, -0.25) is 0 Å². The highest BCUT2D eigenvalue weighted by Gasteiger charge is 2.21. The van der Waals surface area contributed by atoms with E-state index in [1.54, 1.807) is 0 Å². The second kappa shape index (κ2) is 4.73. The molecule has 0 rings (SSSR count). The predicted molar refractivity (Wildman–Crippen MR) is 46.6 cm³/mol. The van der Waals surface area contributed by atoms with Gasteiger partial charge in [-0.1, -0.05) is 20.8 Å². The third kappa shape index (κ3) is 5.22. The average Bonchev–Trinajstić information content (AvgIpc) is 1.86. The molecule has 0 aromatic heterocycles. The zero-order chi connectivity index (χ0) is 8.91. The Kier molecular flexibility index (Phi) is 4.69. The van der Waals surface area contributed by atoms with Crippen molar-refractivity contribution in [2.45, 2.75) is 40.2 Å². The molecule has 68 valence electrons. The first-order chi connectivity index (χ1) is 4.98. The third-order valence-electron chi connectivity index (χ3n) is 1.74. The normalized spacial score (nSPS) is 15.0. The van der Waals surface area contributed by atoms with Gasteiger partial charge in [-0.2, -0.15) is 0 Å². The number of rotatable bonds is 4. The van der Waals surface area contributed by atoms with E-state index in [0.29, 0.717) is 6.61 Å². The Morgan fingerprint density at radius 3 is 2.27 bits per heavy atom. The summed E-state index contributed by atoms with van der Waals surface area (Å²) in [5, 5.41) is 9.53. The lowest BCUT2D eigenvalue weighted by molar-refractivity contribution is 0.0249. The van der Waals surface area contributed by atoms with Gasteiger partial charge in [-0.15, -0.1) is 0 Å². The van der Waals surface area contributed by atoms with Crippen LogP contribution in [0, 0.1) is 5.41 Å². The Morgan fingerprint density at radius 2 is 1.91 bits per heavy atom. The molecule has 0 aromatic rings. The summed E-state index contributed by atoms with van der Waals surface area (Å²) in [6.07, 6.45) is 0.478. The summed E-state index contributed by atoms with van der Waals surface area (Å²) in [7, 11) is 0. The fourth-order valence-electron chi connectivity index (χ4n) is 0.772. The molecule has 0 saturated carbocycles. The highest BCUT2D eigenvalue weighted by molar-refractivity contribution is 4.71. The van der Waals surface area contributed by atoms with Crippen molar-refractivity contribution in [1.82, 2.24) is 0 Å². The van der Waals surface area contributed by atoms with E-state index in [9.17, 15) is 5.11 Å². The van der Waals surface area contributed by atoms with Crippen LogP contribution in [0.15, 0.2) is 0 Å². The SMILES string of the molecule is CCOCCC(O)C(C)(C)C. The Hall–Kier alpha value is -0.0800. The fourth-order valence-corrected chi connectivity index (χ4v) is 0.772. The Balaban J connectivity index is 3.44. The van der Waals surface area contributed by atoms with Crippen molar-refractivity contribution < 1.29 is 9.84 Å². The zero-order valence-electron chi connectivity index (χ0n) is 8.05. The zero-order valence-corrected chi connectivity index (χ0v) is 8.05. The van der Waals surface area contributed by atoms with E-state index >= 15 is 0 Å². The highest BCUT2D eigenvalue weighted by Crippen LogP contribution is 2.21. The van der Waals surface area contributed by atoms with E-state index < -0.39 is 0 Å². The molecule has 0 spiro atoms. The Morgan fingerprint density at radius 1 is 1.36 bits per heavy atom. The number of hydrogen-bond donors (Lipinski definition) is 1. The maximum Gasteiger partial charge on any atom is 0.0610 e. The van der Waals surface area contributed by atoms with Crippen LogP contribution >= 0.6 is 0 Å². The quantitative estimate of drug-likeness (QED) is 0.636. The Bertz CT molecular complexity index is 94.2. The number of ether oxygens (including phenoxy) is 1. The van der Waals surface area contributed by atoms with Crippen molar-refractivity contribution >= 4 is 0 Å². The summed E-state index contributed by atoms with van der Waals surface area (Å²) in [5.41, 5.74) is -0.0168. The minimum Gasteiger partial charge on any atom is -0.392 e. The van der Waals surface area contributed by atoms with Gasteiger partial charge in [0.05, 0.1) is 6.10 Å². The summed E-state index contributed by atoms with van der Waals surface area (Å²) in [6.45, 7) is 9.45. The molecule has 0 radical (unpaired) electrons. The first-order valence-electron chi connectivity index (χ1n) is 4.24. The smallest absolute Gasteiger partial charge is 0.0610 e. The van der Waals surface area contributed by atoms with E-state index in [0.717, 1.165) is 13.0 Å². The van der Waals surface area contributed by atoms with Gasteiger partial charge in [-0.25, -0.2) is 0 Å². The molecular formula is C9H20O2. The molecule has 0 heterocycles. The van der Waals surface area contributed by atoms with Crippen LogP contribution in [0.25, 0.3) is 0 Å². The van der Waals surface area contributed by atoms with Crippen LogP contribution in [0.2, 0.25) is 0 Å².